The number of halogens is 1. The molecule has 6 rings (SSSR count). The maximum Gasteiger partial charge on any atom is 0.308 e. The fourth-order valence-electron chi connectivity index (χ4n) is 5.44. The number of nitrogens with one attached hydrogen (secondary N) is 1. The van der Waals surface area contributed by atoms with E-state index in [9.17, 15) is 4.79 Å². The third-order valence-electron chi connectivity index (χ3n) is 7.70. The lowest BCUT2D eigenvalue weighted by molar-refractivity contribution is 0.0913. The summed E-state index contributed by atoms with van der Waals surface area (Å²) in [5.74, 6) is -0.0177. The molecule has 1 amide bonds. The Morgan fingerprint density at radius 3 is 2.48 bits per heavy atom. The van der Waals surface area contributed by atoms with E-state index >= 15 is 0 Å². The molecule has 2 aliphatic heterocycles. The fourth-order valence-corrected chi connectivity index (χ4v) is 5.62. The summed E-state index contributed by atoms with van der Waals surface area (Å²) in [5.41, 5.74) is 6.05. The van der Waals surface area contributed by atoms with Crippen LogP contribution >= 0.6 is 11.6 Å². The molecule has 0 aliphatic carbocycles. The first-order valence-corrected chi connectivity index (χ1v) is 14.2. The van der Waals surface area contributed by atoms with E-state index in [1.165, 1.54) is 16.7 Å². The van der Waals surface area contributed by atoms with Crippen molar-refractivity contribution in [3.63, 3.8) is 0 Å². The van der Waals surface area contributed by atoms with E-state index in [0.29, 0.717) is 12.4 Å². The molecule has 0 atom stereocenters. The third kappa shape index (κ3) is 6.36. The van der Waals surface area contributed by atoms with E-state index in [4.69, 9.17) is 16.0 Å². The van der Waals surface area contributed by atoms with Crippen molar-refractivity contribution in [1.82, 2.24) is 25.3 Å². The van der Waals surface area contributed by atoms with E-state index in [2.05, 4.69) is 72.7 Å². The van der Waals surface area contributed by atoms with Gasteiger partial charge in [-0.15, -0.1) is 10.2 Å². The Labute approximate surface area is 239 Å². The van der Waals surface area contributed by atoms with Gasteiger partial charge in [-0.3, -0.25) is 14.6 Å². The molecule has 0 unspecified atom stereocenters. The van der Waals surface area contributed by atoms with Crippen LogP contribution in [0.4, 0.5) is 5.69 Å². The maximum atomic E-state index is 12.6. The van der Waals surface area contributed by atoms with Gasteiger partial charge < -0.3 is 14.6 Å². The van der Waals surface area contributed by atoms with E-state index in [1.807, 2.05) is 30.3 Å². The van der Waals surface area contributed by atoms with Gasteiger partial charge in [-0.2, -0.15) is 0 Å². The predicted octanol–water partition coefficient (Wildman–Crippen LogP) is 4.50. The molecular weight excluding hydrogens is 524 g/mol. The second-order valence-electron chi connectivity index (χ2n) is 10.4. The standard InChI is InChI=1S/C31H33ClN6O2/c32-27-6-3-7-28(20-27)38-18-16-36(17-19-38)15-13-33-29(39)31-35-34-30(40-31)25-10-8-23(9-11-25)21-37-14-12-24-4-1-2-5-26(24)22-37/h1-11,20H,12-19,21-22H2,(H,33,39). The summed E-state index contributed by atoms with van der Waals surface area (Å²) in [6.07, 6.45) is 1.09. The molecule has 3 aromatic carbocycles. The number of hydrogen-bond acceptors (Lipinski definition) is 7. The molecule has 1 fully saturated rings. The van der Waals surface area contributed by atoms with E-state index in [0.717, 1.165) is 75.1 Å². The molecule has 0 radical (unpaired) electrons. The summed E-state index contributed by atoms with van der Waals surface area (Å²) >= 11 is 6.13. The summed E-state index contributed by atoms with van der Waals surface area (Å²) in [4.78, 5) is 19.7. The number of piperazine rings is 1. The fraction of sp³-hybridized carbons (Fsp3) is 0.323. The third-order valence-corrected chi connectivity index (χ3v) is 7.93. The number of aromatic nitrogens is 2. The summed E-state index contributed by atoms with van der Waals surface area (Å²) in [6.45, 7) is 7.89. The first kappa shape index (κ1) is 26.5. The van der Waals surface area contributed by atoms with Crippen LogP contribution in [0.15, 0.2) is 77.2 Å². The number of rotatable bonds is 8. The van der Waals surface area contributed by atoms with Crippen LogP contribution in [0, 0.1) is 0 Å². The minimum atomic E-state index is -0.349. The van der Waals surface area contributed by atoms with Crippen molar-refractivity contribution in [2.24, 2.45) is 0 Å². The monoisotopic (exact) mass is 556 g/mol. The van der Waals surface area contributed by atoms with Crippen LogP contribution < -0.4 is 10.2 Å². The number of amides is 1. The van der Waals surface area contributed by atoms with Crippen molar-refractivity contribution in [2.45, 2.75) is 19.5 Å². The Hall–Kier alpha value is -3.72. The van der Waals surface area contributed by atoms with E-state index in [1.54, 1.807) is 0 Å². The molecule has 0 bridgehead atoms. The van der Waals surface area contributed by atoms with Gasteiger partial charge >= 0.3 is 11.8 Å². The summed E-state index contributed by atoms with van der Waals surface area (Å²) < 4.78 is 5.70. The van der Waals surface area contributed by atoms with Crippen molar-refractivity contribution in [3.05, 3.63) is 100 Å². The molecule has 40 heavy (non-hydrogen) atoms. The van der Waals surface area contributed by atoms with Gasteiger partial charge in [-0.05, 0) is 53.4 Å². The van der Waals surface area contributed by atoms with E-state index < -0.39 is 0 Å². The van der Waals surface area contributed by atoms with Crippen molar-refractivity contribution in [1.29, 1.82) is 0 Å². The number of fused-ring (bicyclic) bond motifs is 1. The molecule has 9 heteroatoms. The molecule has 0 spiro atoms. The van der Waals surface area contributed by atoms with Crippen molar-refractivity contribution < 1.29 is 9.21 Å². The number of benzene rings is 3. The number of carbonyl (C=O) groups excluding carboxylic acids is 1. The Bertz CT molecular complexity index is 1450. The normalized spacial score (nSPS) is 16.1. The summed E-state index contributed by atoms with van der Waals surface area (Å²) in [7, 11) is 0. The molecule has 2 aliphatic rings. The van der Waals surface area contributed by atoms with Crippen LogP contribution in [0.25, 0.3) is 11.5 Å². The number of anilines is 1. The van der Waals surface area contributed by atoms with Gasteiger partial charge in [0, 0.05) is 75.2 Å². The number of carbonyl (C=O) groups is 1. The minimum Gasteiger partial charge on any atom is -0.412 e. The highest BCUT2D eigenvalue weighted by molar-refractivity contribution is 6.30. The van der Waals surface area contributed by atoms with Crippen LogP contribution in [0.3, 0.4) is 0 Å². The van der Waals surface area contributed by atoms with Gasteiger partial charge in [0.1, 0.15) is 0 Å². The average molecular weight is 557 g/mol. The lowest BCUT2D eigenvalue weighted by Crippen LogP contribution is -2.48. The van der Waals surface area contributed by atoms with Crippen LogP contribution in [0.2, 0.25) is 5.02 Å². The second-order valence-corrected chi connectivity index (χ2v) is 10.8. The first-order valence-electron chi connectivity index (χ1n) is 13.8. The maximum absolute atomic E-state index is 12.6. The molecule has 206 valence electrons. The Balaban J connectivity index is 0.953. The van der Waals surface area contributed by atoms with Gasteiger partial charge in [-0.25, -0.2) is 0 Å². The molecule has 1 aromatic heterocycles. The van der Waals surface area contributed by atoms with Crippen molar-refractivity contribution in [3.8, 4) is 11.5 Å². The van der Waals surface area contributed by atoms with Gasteiger partial charge in [0.15, 0.2) is 0 Å². The zero-order chi connectivity index (χ0) is 27.3. The predicted molar refractivity (Wildman–Crippen MR) is 156 cm³/mol. The zero-order valence-electron chi connectivity index (χ0n) is 22.4. The molecule has 4 aromatic rings. The Morgan fingerprint density at radius 2 is 1.68 bits per heavy atom. The zero-order valence-corrected chi connectivity index (χ0v) is 23.2. The van der Waals surface area contributed by atoms with Crippen LogP contribution in [-0.2, 0) is 19.5 Å². The highest BCUT2D eigenvalue weighted by Crippen LogP contribution is 2.23. The van der Waals surface area contributed by atoms with Gasteiger partial charge in [-0.1, -0.05) is 54.1 Å². The molecule has 1 N–H and O–H groups in total. The molecule has 8 nitrogen and oxygen atoms in total. The smallest absolute Gasteiger partial charge is 0.308 e. The average Bonchev–Trinajstić information content (AvgIpc) is 3.49. The first-order chi connectivity index (χ1) is 19.6. The SMILES string of the molecule is O=C(NCCN1CCN(c2cccc(Cl)c2)CC1)c1nnc(-c2ccc(CN3CCc4ccccc4C3)cc2)o1. The summed E-state index contributed by atoms with van der Waals surface area (Å²) in [6, 6.07) is 24.8. The molecule has 1 saturated heterocycles. The topological polar surface area (TPSA) is 77.7 Å². The Kier molecular flexibility index (Phi) is 8.09. The van der Waals surface area contributed by atoms with Gasteiger partial charge in [0.2, 0.25) is 5.89 Å². The van der Waals surface area contributed by atoms with Crippen molar-refractivity contribution in [2.75, 3.05) is 50.7 Å². The number of hydrogen-bond donors (Lipinski definition) is 1. The molecular formula is C31H33ClN6O2. The van der Waals surface area contributed by atoms with Crippen LogP contribution in [0.5, 0.6) is 0 Å². The van der Waals surface area contributed by atoms with Gasteiger partial charge in [0.25, 0.3) is 0 Å². The largest absolute Gasteiger partial charge is 0.412 e. The molecule has 0 saturated carbocycles. The highest BCUT2D eigenvalue weighted by atomic mass is 35.5. The second kappa shape index (κ2) is 12.2. The summed E-state index contributed by atoms with van der Waals surface area (Å²) in [5, 5.41) is 11.7. The lowest BCUT2D eigenvalue weighted by Gasteiger charge is -2.36. The highest BCUT2D eigenvalue weighted by Gasteiger charge is 2.20. The van der Waals surface area contributed by atoms with Gasteiger partial charge in [0.05, 0.1) is 0 Å². The van der Waals surface area contributed by atoms with E-state index in [-0.39, 0.29) is 11.8 Å². The minimum absolute atomic E-state index is 0.0168. The molecule has 3 heterocycles. The van der Waals surface area contributed by atoms with Crippen LogP contribution in [0.1, 0.15) is 27.4 Å². The number of nitrogens with zero attached hydrogens (tertiary/aromatic N) is 5. The quantitative estimate of drug-likeness (QED) is 0.342. The van der Waals surface area contributed by atoms with Crippen LogP contribution in [-0.4, -0.2) is 71.7 Å². The van der Waals surface area contributed by atoms with Crippen molar-refractivity contribution >= 4 is 23.2 Å². The Morgan fingerprint density at radius 1 is 0.875 bits per heavy atom. The lowest BCUT2D eigenvalue weighted by atomic mass is 9.99.